The molecule has 5 heteroatoms. The molecule has 2 N–H and O–H groups in total. The number of anilines is 1. The van der Waals surface area contributed by atoms with Crippen molar-refractivity contribution in [1.29, 1.82) is 0 Å². The van der Waals surface area contributed by atoms with Gasteiger partial charge in [0.25, 0.3) is 11.8 Å². The Balaban J connectivity index is 2.21. The van der Waals surface area contributed by atoms with E-state index in [4.69, 9.17) is 0 Å². The van der Waals surface area contributed by atoms with Gasteiger partial charge in [0, 0.05) is 14.1 Å². The van der Waals surface area contributed by atoms with Crippen LogP contribution in [0.3, 0.4) is 0 Å². The Morgan fingerprint density at radius 2 is 1.59 bits per heavy atom. The molecule has 0 radical (unpaired) electrons. The largest absolute Gasteiger partial charge is 0.378 e. The van der Waals surface area contributed by atoms with E-state index in [1.807, 2.05) is 0 Å². The summed E-state index contributed by atoms with van der Waals surface area (Å²) in [6.07, 6.45) is -1.29. The highest BCUT2D eigenvalue weighted by Crippen LogP contribution is 2.20. The number of hydrogen-bond donors (Lipinski definition) is 2. The van der Waals surface area contributed by atoms with Crippen molar-refractivity contribution >= 4 is 17.5 Å². The first-order valence-corrected chi connectivity index (χ1v) is 6.85. The first kappa shape index (κ1) is 15.7. The minimum Gasteiger partial charge on any atom is -0.378 e. The second kappa shape index (κ2) is 6.87. The van der Waals surface area contributed by atoms with E-state index in [9.17, 15) is 14.7 Å². The normalized spacial score (nSPS) is 11.6. The van der Waals surface area contributed by atoms with Gasteiger partial charge in [-0.1, -0.05) is 42.5 Å². The Kier molecular flexibility index (Phi) is 4.91. The van der Waals surface area contributed by atoms with Gasteiger partial charge in [-0.3, -0.25) is 9.59 Å². The first-order chi connectivity index (χ1) is 10.5. The SMILES string of the molecule is CN(C)C(=O)c1ccccc1NC(=O)C(O)c1ccccc1. The van der Waals surface area contributed by atoms with Gasteiger partial charge in [-0.05, 0) is 17.7 Å². The summed E-state index contributed by atoms with van der Waals surface area (Å²) in [4.78, 5) is 25.7. The molecule has 0 spiro atoms. The average molecular weight is 298 g/mol. The lowest BCUT2D eigenvalue weighted by Gasteiger charge is -2.16. The number of amides is 2. The molecule has 0 saturated carbocycles. The number of hydrogen-bond acceptors (Lipinski definition) is 3. The molecule has 114 valence electrons. The van der Waals surface area contributed by atoms with Gasteiger partial charge in [0.15, 0.2) is 6.10 Å². The van der Waals surface area contributed by atoms with Gasteiger partial charge in [0.2, 0.25) is 0 Å². The minimum atomic E-state index is -1.29. The van der Waals surface area contributed by atoms with Crippen LogP contribution in [0.25, 0.3) is 0 Å². The molecule has 2 aromatic carbocycles. The molecule has 2 aromatic rings. The van der Waals surface area contributed by atoms with Gasteiger partial charge in [0.1, 0.15) is 0 Å². The highest BCUT2D eigenvalue weighted by atomic mass is 16.3. The van der Waals surface area contributed by atoms with Crippen LogP contribution in [0, 0.1) is 0 Å². The number of nitrogens with one attached hydrogen (secondary N) is 1. The number of para-hydroxylation sites is 1. The Labute approximate surface area is 129 Å². The van der Waals surface area contributed by atoms with Crippen molar-refractivity contribution in [3.63, 3.8) is 0 Å². The Bertz CT molecular complexity index is 669. The molecule has 5 nitrogen and oxygen atoms in total. The number of nitrogens with zero attached hydrogens (tertiary/aromatic N) is 1. The average Bonchev–Trinajstić information content (AvgIpc) is 2.54. The summed E-state index contributed by atoms with van der Waals surface area (Å²) in [6, 6.07) is 15.3. The molecule has 2 amide bonds. The van der Waals surface area contributed by atoms with Crippen molar-refractivity contribution in [1.82, 2.24) is 4.90 Å². The van der Waals surface area contributed by atoms with E-state index in [1.54, 1.807) is 68.7 Å². The van der Waals surface area contributed by atoms with Crippen LogP contribution < -0.4 is 5.32 Å². The van der Waals surface area contributed by atoms with E-state index in [0.717, 1.165) is 0 Å². The molecule has 0 saturated heterocycles. The summed E-state index contributed by atoms with van der Waals surface area (Å²) < 4.78 is 0. The first-order valence-electron chi connectivity index (χ1n) is 6.85. The molecule has 0 aliphatic rings. The number of aliphatic hydroxyl groups excluding tert-OH is 1. The molecule has 1 unspecified atom stereocenters. The molecule has 22 heavy (non-hydrogen) atoms. The Morgan fingerprint density at radius 3 is 2.23 bits per heavy atom. The number of benzene rings is 2. The molecule has 0 aliphatic carbocycles. The highest BCUT2D eigenvalue weighted by Gasteiger charge is 2.20. The monoisotopic (exact) mass is 298 g/mol. The summed E-state index contributed by atoms with van der Waals surface area (Å²) in [5.41, 5.74) is 1.25. The Hall–Kier alpha value is -2.66. The molecular weight excluding hydrogens is 280 g/mol. The molecule has 0 heterocycles. The number of carbonyl (C=O) groups is 2. The molecule has 0 bridgehead atoms. The van der Waals surface area contributed by atoms with Gasteiger partial charge < -0.3 is 15.3 Å². The van der Waals surface area contributed by atoms with Crippen LogP contribution in [0.15, 0.2) is 54.6 Å². The number of carbonyl (C=O) groups excluding carboxylic acids is 2. The third-order valence-corrected chi connectivity index (χ3v) is 3.19. The molecule has 2 rings (SSSR count). The van der Waals surface area contributed by atoms with Crippen LogP contribution in [0.4, 0.5) is 5.69 Å². The van der Waals surface area contributed by atoms with Crippen LogP contribution in [0.2, 0.25) is 0 Å². The summed E-state index contributed by atoms with van der Waals surface area (Å²) in [7, 11) is 3.28. The highest BCUT2D eigenvalue weighted by molar-refractivity contribution is 6.04. The Morgan fingerprint density at radius 1 is 1.00 bits per heavy atom. The van der Waals surface area contributed by atoms with Crippen molar-refractivity contribution in [3.05, 3.63) is 65.7 Å². The maximum atomic E-state index is 12.2. The van der Waals surface area contributed by atoms with E-state index in [0.29, 0.717) is 16.8 Å². The lowest BCUT2D eigenvalue weighted by atomic mass is 10.1. The molecule has 1 atom stereocenters. The van der Waals surface area contributed by atoms with E-state index >= 15 is 0 Å². The predicted octanol–water partition coefficient (Wildman–Crippen LogP) is 2.06. The van der Waals surface area contributed by atoms with Gasteiger partial charge in [-0.2, -0.15) is 0 Å². The van der Waals surface area contributed by atoms with E-state index < -0.39 is 12.0 Å². The van der Waals surface area contributed by atoms with Gasteiger partial charge in [-0.25, -0.2) is 0 Å². The maximum Gasteiger partial charge on any atom is 0.257 e. The second-order valence-electron chi connectivity index (χ2n) is 5.05. The van der Waals surface area contributed by atoms with Crippen LogP contribution in [0.5, 0.6) is 0 Å². The molecule has 0 fully saturated rings. The van der Waals surface area contributed by atoms with Crippen molar-refractivity contribution in [3.8, 4) is 0 Å². The van der Waals surface area contributed by atoms with E-state index in [2.05, 4.69) is 5.32 Å². The number of aliphatic hydroxyl groups is 1. The summed E-state index contributed by atoms with van der Waals surface area (Å²) in [5, 5.41) is 12.7. The van der Waals surface area contributed by atoms with Crippen molar-refractivity contribution in [2.45, 2.75) is 6.10 Å². The van der Waals surface area contributed by atoms with E-state index in [1.165, 1.54) is 4.90 Å². The lowest BCUT2D eigenvalue weighted by molar-refractivity contribution is -0.124. The lowest BCUT2D eigenvalue weighted by Crippen LogP contribution is -2.26. The van der Waals surface area contributed by atoms with E-state index in [-0.39, 0.29) is 5.91 Å². The van der Waals surface area contributed by atoms with Gasteiger partial charge in [0.05, 0.1) is 11.3 Å². The quantitative estimate of drug-likeness (QED) is 0.907. The van der Waals surface area contributed by atoms with Crippen LogP contribution in [0.1, 0.15) is 22.0 Å². The number of rotatable bonds is 4. The fourth-order valence-electron chi connectivity index (χ4n) is 2.01. The van der Waals surface area contributed by atoms with Crippen LogP contribution in [-0.4, -0.2) is 35.9 Å². The van der Waals surface area contributed by atoms with Gasteiger partial charge >= 0.3 is 0 Å². The van der Waals surface area contributed by atoms with Gasteiger partial charge in [-0.15, -0.1) is 0 Å². The molecule has 0 aliphatic heterocycles. The maximum absolute atomic E-state index is 12.2. The standard InChI is InChI=1S/C17H18N2O3/c1-19(2)17(22)13-10-6-7-11-14(13)18-16(21)15(20)12-8-4-3-5-9-12/h3-11,15,20H,1-2H3,(H,18,21). The van der Waals surface area contributed by atoms with Crippen LogP contribution >= 0.6 is 0 Å². The van der Waals surface area contributed by atoms with Crippen LogP contribution in [-0.2, 0) is 4.79 Å². The molecule has 0 aromatic heterocycles. The second-order valence-corrected chi connectivity index (χ2v) is 5.05. The smallest absolute Gasteiger partial charge is 0.257 e. The zero-order chi connectivity index (χ0) is 16.1. The van der Waals surface area contributed by atoms with Crippen molar-refractivity contribution in [2.75, 3.05) is 19.4 Å². The fourth-order valence-corrected chi connectivity index (χ4v) is 2.01. The predicted molar refractivity (Wildman–Crippen MR) is 84.5 cm³/mol. The minimum absolute atomic E-state index is 0.217. The zero-order valence-electron chi connectivity index (χ0n) is 12.5. The fraction of sp³-hybridized carbons (Fsp3) is 0.176. The third kappa shape index (κ3) is 3.51. The summed E-state index contributed by atoms with van der Waals surface area (Å²) in [5.74, 6) is -0.796. The topological polar surface area (TPSA) is 69.6 Å². The third-order valence-electron chi connectivity index (χ3n) is 3.19. The molecular formula is C17H18N2O3. The summed E-state index contributed by atoms with van der Waals surface area (Å²) in [6.45, 7) is 0. The zero-order valence-corrected chi connectivity index (χ0v) is 12.5. The van der Waals surface area contributed by atoms with Crippen molar-refractivity contribution < 1.29 is 14.7 Å². The van der Waals surface area contributed by atoms with Crippen molar-refractivity contribution in [2.24, 2.45) is 0 Å². The summed E-state index contributed by atoms with van der Waals surface area (Å²) >= 11 is 0.